The van der Waals surface area contributed by atoms with Crippen molar-refractivity contribution in [3.05, 3.63) is 35.5 Å². The molecule has 0 amide bonds. The molecule has 3 rings (SSSR count). The Balaban J connectivity index is 2.27. The van der Waals surface area contributed by atoms with Crippen molar-refractivity contribution in [2.45, 2.75) is 31.7 Å². The van der Waals surface area contributed by atoms with Gasteiger partial charge in [0.1, 0.15) is 0 Å². The summed E-state index contributed by atoms with van der Waals surface area (Å²) in [4.78, 5) is 0. The molecule has 2 heteroatoms. The molecule has 1 unspecified atom stereocenters. The Morgan fingerprint density at radius 3 is 2.75 bits per heavy atom. The van der Waals surface area contributed by atoms with Crippen molar-refractivity contribution in [3.63, 3.8) is 0 Å². The zero-order valence-electron chi connectivity index (χ0n) is 9.90. The van der Waals surface area contributed by atoms with Crippen LogP contribution in [0, 0.1) is 0 Å². The van der Waals surface area contributed by atoms with Crippen LogP contribution in [0.4, 0.5) is 0 Å². The van der Waals surface area contributed by atoms with E-state index in [1.807, 2.05) is 0 Å². The smallest absolute Gasteiger partial charge is 0.0483 e. The van der Waals surface area contributed by atoms with E-state index in [4.69, 9.17) is 5.73 Å². The van der Waals surface area contributed by atoms with E-state index in [1.165, 1.54) is 35.0 Å². The Hall–Kier alpha value is -1.28. The standard InChI is InChI=1S/C14H18N2/c1-9(15)11-4-3-5-13-12(11)8-14(16(13)2)10-6-7-10/h3-5,8-10H,6-7,15H2,1-2H3. The third kappa shape index (κ3) is 1.37. The molecule has 84 valence electrons. The number of rotatable bonds is 2. The van der Waals surface area contributed by atoms with Crippen LogP contribution in [-0.2, 0) is 7.05 Å². The SMILES string of the molecule is CC(N)c1cccc2c1cc(C1CC1)n2C. The molecule has 1 aliphatic carbocycles. The highest BCUT2D eigenvalue weighted by atomic mass is 15.0. The van der Waals surface area contributed by atoms with Gasteiger partial charge in [-0.3, -0.25) is 0 Å². The Kier molecular flexibility index (Phi) is 2.08. The number of nitrogens with zero attached hydrogens (tertiary/aromatic N) is 1. The maximum absolute atomic E-state index is 6.02. The highest BCUT2D eigenvalue weighted by Crippen LogP contribution is 2.42. The van der Waals surface area contributed by atoms with Crippen LogP contribution in [-0.4, -0.2) is 4.57 Å². The average molecular weight is 214 g/mol. The summed E-state index contributed by atoms with van der Waals surface area (Å²) in [7, 11) is 2.17. The summed E-state index contributed by atoms with van der Waals surface area (Å²) in [5.41, 5.74) is 10.1. The van der Waals surface area contributed by atoms with Crippen LogP contribution in [0.25, 0.3) is 10.9 Å². The maximum Gasteiger partial charge on any atom is 0.0483 e. The monoisotopic (exact) mass is 214 g/mol. The topological polar surface area (TPSA) is 30.9 Å². The van der Waals surface area contributed by atoms with Crippen molar-refractivity contribution in [2.75, 3.05) is 0 Å². The molecule has 1 aromatic heterocycles. The fourth-order valence-electron chi connectivity index (χ4n) is 2.57. The van der Waals surface area contributed by atoms with E-state index < -0.39 is 0 Å². The number of aromatic nitrogens is 1. The van der Waals surface area contributed by atoms with E-state index in [0.717, 1.165) is 5.92 Å². The first-order valence-electron chi connectivity index (χ1n) is 6.02. The summed E-state index contributed by atoms with van der Waals surface area (Å²) in [6, 6.07) is 8.89. The first kappa shape index (κ1) is 9.91. The van der Waals surface area contributed by atoms with Crippen LogP contribution in [0.5, 0.6) is 0 Å². The van der Waals surface area contributed by atoms with Gasteiger partial charge in [0.2, 0.25) is 0 Å². The summed E-state index contributed by atoms with van der Waals surface area (Å²) in [5.74, 6) is 0.790. The van der Waals surface area contributed by atoms with Crippen molar-refractivity contribution in [2.24, 2.45) is 12.8 Å². The van der Waals surface area contributed by atoms with E-state index in [0.29, 0.717) is 0 Å². The van der Waals surface area contributed by atoms with E-state index in [2.05, 4.69) is 42.8 Å². The second kappa shape index (κ2) is 3.36. The highest BCUT2D eigenvalue weighted by molar-refractivity contribution is 5.85. The third-order valence-electron chi connectivity index (χ3n) is 3.64. The number of hydrogen-bond donors (Lipinski definition) is 1. The van der Waals surface area contributed by atoms with Crippen molar-refractivity contribution in [1.29, 1.82) is 0 Å². The fraction of sp³-hybridized carbons (Fsp3) is 0.429. The molecule has 0 spiro atoms. The van der Waals surface area contributed by atoms with Crippen molar-refractivity contribution >= 4 is 10.9 Å². The van der Waals surface area contributed by atoms with E-state index >= 15 is 0 Å². The Labute approximate surface area is 96.1 Å². The first-order chi connectivity index (χ1) is 7.68. The van der Waals surface area contributed by atoms with E-state index in [9.17, 15) is 0 Å². The number of hydrogen-bond acceptors (Lipinski definition) is 1. The maximum atomic E-state index is 6.02. The summed E-state index contributed by atoms with van der Waals surface area (Å²) in [6.07, 6.45) is 2.69. The summed E-state index contributed by atoms with van der Waals surface area (Å²) in [5, 5.41) is 1.34. The number of nitrogens with two attached hydrogens (primary N) is 1. The molecule has 1 aromatic carbocycles. The molecule has 2 aromatic rings. The Morgan fingerprint density at radius 2 is 2.12 bits per heavy atom. The highest BCUT2D eigenvalue weighted by Gasteiger charge is 2.27. The van der Waals surface area contributed by atoms with Gasteiger partial charge >= 0.3 is 0 Å². The van der Waals surface area contributed by atoms with Crippen LogP contribution in [0.1, 0.15) is 43.0 Å². The Bertz CT molecular complexity index is 533. The minimum Gasteiger partial charge on any atom is -0.347 e. The van der Waals surface area contributed by atoms with Crippen LogP contribution < -0.4 is 5.73 Å². The van der Waals surface area contributed by atoms with Crippen molar-refractivity contribution < 1.29 is 0 Å². The molecule has 0 bridgehead atoms. The lowest BCUT2D eigenvalue weighted by Gasteiger charge is -2.07. The van der Waals surface area contributed by atoms with Gasteiger partial charge in [0.05, 0.1) is 0 Å². The normalized spacial score (nSPS) is 17.9. The third-order valence-corrected chi connectivity index (χ3v) is 3.64. The van der Waals surface area contributed by atoms with Gasteiger partial charge in [0.15, 0.2) is 0 Å². The minimum atomic E-state index is 0.109. The molecule has 1 atom stereocenters. The lowest BCUT2D eigenvalue weighted by atomic mass is 10.0. The number of benzene rings is 1. The van der Waals surface area contributed by atoms with Gasteiger partial charge in [0, 0.05) is 29.7 Å². The van der Waals surface area contributed by atoms with Gasteiger partial charge in [-0.05, 0) is 43.4 Å². The summed E-state index contributed by atoms with van der Waals surface area (Å²) in [6.45, 7) is 2.05. The quantitative estimate of drug-likeness (QED) is 0.818. The molecule has 16 heavy (non-hydrogen) atoms. The lowest BCUT2D eigenvalue weighted by Crippen LogP contribution is -2.05. The second-order valence-electron chi connectivity index (χ2n) is 4.97. The van der Waals surface area contributed by atoms with E-state index in [-0.39, 0.29) is 6.04 Å². The second-order valence-corrected chi connectivity index (χ2v) is 4.97. The molecular weight excluding hydrogens is 196 g/mol. The summed E-state index contributed by atoms with van der Waals surface area (Å²) < 4.78 is 2.33. The predicted molar refractivity (Wildman–Crippen MR) is 67.5 cm³/mol. The van der Waals surface area contributed by atoms with Crippen molar-refractivity contribution in [3.8, 4) is 0 Å². The Morgan fingerprint density at radius 1 is 1.38 bits per heavy atom. The number of aryl methyl sites for hydroxylation is 1. The van der Waals surface area contributed by atoms with Gasteiger partial charge in [-0.15, -0.1) is 0 Å². The average Bonchev–Trinajstić information content (AvgIpc) is 3.04. The van der Waals surface area contributed by atoms with Gasteiger partial charge in [-0.2, -0.15) is 0 Å². The van der Waals surface area contributed by atoms with Crippen LogP contribution in [0.3, 0.4) is 0 Å². The molecule has 2 nitrogen and oxygen atoms in total. The largest absolute Gasteiger partial charge is 0.347 e. The first-order valence-corrected chi connectivity index (χ1v) is 6.02. The lowest BCUT2D eigenvalue weighted by molar-refractivity contribution is 0.826. The van der Waals surface area contributed by atoms with Gasteiger partial charge < -0.3 is 10.3 Å². The molecule has 0 aliphatic heterocycles. The minimum absolute atomic E-state index is 0.109. The molecule has 0 radical (unpaired) electrons. The summed E-state index contributed by atoms with van der Waals surface area (Å²) >= 11 is 0. The van der Waals surface area contributed by atoms with Crippen molar-refractivity contribution in [1.82, 2.24) is 4.57 Å². The zero-order valence-corrected chi connectivity index (χ0v) is 9.90. The van der Waals surface area contributed by atoms with Gasteiger partial charge in [-0.1, -0.05) is 12.1 Å². The van der Waals surface area contributed by atoms with Crippen LogP contribution >= 0.6 is 0 Å². The zero-order chi connectivity index (χ0) is 11.3. The molecule has 1 heterocycles. The van der Waals surface area contributed by atoms with E-state index in [1.54, 1.807) is 0 Å². The predicted octanol–water partition coefficient (Wildman–Crippen LogP) is 3.08. The van der Waals surface area contributed by atoms with Gasteiger partial charge in [-0.25, -0.2) is 0 Å². The fourth-order valence-corrected chi connectivity index (χ4v) is 2.57. The number of fused-ring (bicyclic) bond motifs is 1. The van der Waals surface area contributed by atoms with Gasteiger partial charge in [0.25, 0.3) is 0 Å². The molecule has 1 fully saturated rings. The van der Waals surface area contributed by atoms with Crippen LogP contribution in [0.2, 0.25) is 0 Å². The molecule has 1 saturated carbocycles. The molecular formula is C14H18N2. The molecule has 0 saturated heterocycles. The van der Waals surface area contributed by atoms with Crippen LogP contribution in [0.15, 0.2) is 24.3 Å². The molecule has 2 N–H and O–H groups in total. The molecule has 1 aliphatic rings.